The second kappa shape index (κ2) is 4.28. The molecule has 0 rings (SSSR count). The van der Waals surface area contributed by atoms with Gasteiger partial charge in [0.05, 0.1) is 0 Å². The van der Waals surface area contributed by atoms with Crippen molar-refractivity contribution in [2.24, 2.45) is 0 Å². The summed E-state index contributed by atoms with van der Waals surface area (Å²) in [6, 6.07) is 0. The molecule has 0 spiro atoms. The molecule has 0 heterocycles. The molecule has 0 aliphatic carbocycles. The summed E-state index contributed by atoms with van der Waals surface area (Å²) in [6.45, 7) is 0. The summed E-state index contributed by atoms with van der Waals surface area (Å²) in [4.78, 5) is 20.3. The van der Waals surface area contributed by atoms with E-state index in [-0.39, 0.29) is 9.36 Å². The van der Waals surface area contributed by atoms with Crippen molar-refractivity contribution in [3.8, 4) is 0 Å². The molecule has 4 heteroatoms. The molecule has 8 heavy (non-hydrogen) atoms. The van der Waals surface area contributed by atoms with Crippen LogP contribution in [0.25, 0.3) is 0 Å². The summed E-state index contributed by atoms with van der Waals surface area (Å²) in [5, 5.41) is 0. The third-order valence-corrected chi connectivity index (χ3v) is 1.49. The van der Waals surface area contributed by atoms with Crippen molar-refractivity contribution in [1.82, 2.24) is 0 Å². The monoisotopic (exact) mass is 246 g/mol. The van der Waals surface area contributed by atoms with Crippen LogP contribution < -0.4 is 0 Å². The number of carbonyl (C=O) groups excluding carboxylic acids is 2. The van der Waals surface area contributed by atoms with Gasteiger partial charge in [-0.2, -0.15) is 0 Å². The summed E-state index contributed by atoms with van der Waals surface area (Å²) in [6.07, 6.45) is 0.709. The van der Waals surface area contributed by atoms with Gasteiger partial charge in [0.15, 0.2) is 0 Å². The minimum absolute atomic E-state index is 0.0110. The molecule has 0 amide bonds. The van der Waals surface area contributed by atoms with Crippen LogP contribution in [-0.4, -0.2) is 41.4 Å². The first-order chi connectivity index (χ1) is 3.63. The molecule has 0 atom stereocenters. The normalized spacial score (nSPS) is 8.75. The van der Waals surface area contributed by atoms with E-state index in [1.807, 2.05) is 32.0 Å². The Morgan fingerprint density at radius 3 is 1.38 bits per heavy atom. The quantitative estimate of drug-likeness (QED) is 0.573. The van der Waals surface area contributed by atoms with E-state index in [0.717, 1.165) is 0 Å². The van der Waals surface area contributed by atoms with E-state index < -0.39 is 0 Å². The van der Waals surface area contributed by atoms with Crippen molar-refractivity contribution < 1.29 is 9.59 Å². The zero-order chi connectivity index (χ0) is 6.57. The number of carbonyl (C=O) groups is 2. The molecule has 2 nitrogen and oxygen atoms in total. The van der Waals surface area contributed by atoms with Crippen molar-refractivity contribution in [2.45, 2.75) is 12.8 Å². The fourth-order valence-corrected chi connectivity index (χ4v) is 0.683. The minimum atomic E-state index is 0.0110. The van der Waals surface area contributed by atoms with E-state index >= 15 is 0 Å². The topological polar surface area (TPSA) is 34.1 Å². The molecule has 0 aliphatic heterocycles. The Kier molecular flexibility index (Phi) is 4.48. The van der Waals surface area contributed by atoms with Gasteiger partial charge in [-0.1, -0.05) is 0 Å². The fraction of sp³-hybridized carbons (Fsp3) is 0.500. The molecule has 0 saturated carbocycles. The second-order valence-corrected chi connectivity index (χ2v) is 3.38. The van der Waals surface area contributed by atoms with Crippen LogP contribution in [0, 0.1) is 0 Å². The van der Waals surface area contributed by atoms with Crippen LogP contribution >= 0.6 is 0 Å². The zero-order valence-electron chi connectivity index (χ0n) is 4.13. The molecule has 0 aromatic heterocycles. The third kappa shape index (κ3) is 6.38. The third-order valence-electron chi connectivity index (χ3n) is 0.553. The Balaban J connectivity index is 3.18. The standard InChI is InChI=1S/C4H6O2Se2/c5-3(7)1-2-4(6)8/h1-2H2,(H,5,7)(H,6,8). The van der Waals surface area contributed by atoms with Gasteiger partial charge in [0.1, 0.15) is 0 Å². The number of hydrogen-bond acceptors (Lipinski definition) is 2. The van der Waals surface area contributed by atoms with Crippen molar-refractivity contribution in [3.63, 3.8) is 0 Å². The zero-order valence-corrected chi connectivity index (χ0v) is 7.88. The first-order valence-electron chi connectivity index (χ1n) is 2.06. The van der Waals surface area contributed by atoms with Gasteiger partial charge < -0.3 is 0 Å². The van der Waals surface area contributed by atoms with Crippen molar-refractivity contribution >= 4 is 41.4 Å². The second-order valence-electron chi connectivity index (χ2n) is 1.29. The fourth-order valence-electron chi connectivity index (χ4n) is 0.214. The number of rotatable bonds is 3. The maximum absolute atomic E-state index is 10.2. The van der Waals surface area contributed by atoms with Crippen LogP contribution in [0.2, 0.25) is 0 Å². The van der Waals surface area contributed by atoms with Crippen LogP contribution in [0.1, 0.15) is 12.8 Å². The van der Waals surface area contributed by atoms with Gasteiger partial charge >= 0.3 is 63.8 Å². The first kappa shape index (κ1) is 8.38. The Labute approximate surface area is 64.0 Å². The predicted molar refractivity (Wildman–Crippen MR) is 33.5 cm³/mol. The molecule has 0 bridgehead atoms. The Hall–Kier alpha value is 0.379. The Morgan fingerprint density at radius 1 is 1.00 bits per heavy atom. The van der Waals surface area contributed by atoms with Gasteiger partial charge in [0.2, 0.25) is 0 Å². The summed E-state index contributed by atoms with van der Waals surface area (Å²) in [5.41, 5.74) is 0. The van der Waals surface area contributed by atoms with E-state index in [1.165, 1.54) is 0 Å². The summed E-state index contributed by atoms with van der Waals surface area (Å²) < 4.78 is 0.0220. The molecule has 46 valence electrons. The average molecular weight is 244 g/mol. The molecule has 0 aliphatic rings. The van der Waals surface area contributed by atoms with Gasteiger partial charge in [-0.15, -0.1) is 0 Å². The van der Waals surface area contributed by atoms with Gasteiger partial charge in [0, 0.05) is 0 Å². The molecule has 0 radical (unpaired) electrons. The summed E-state index contributed by atoms with van der Waals surface area (Å²) in [7, 11) is 0. The molecule has 0 aromatic rings. The van der Waals surface area contributed by atoms with Gasteiger partial charge in [0.25, 0.3) is 0 Å². The van der Waals surface area contributed by atoms with E-state index in [4.69, 9.17) is 0 Å². The summed E-state index contributed by atoms with van der Waals surface area (Å²) >= 11 is 3.78. The van der Waals surface area contributed by atoms with Crippen LogP contribution in [0.3, 0.4) is 0 Å². The van der Waals surface area contributed by atoms with Crippen molar-refractivity contribution in [3.05, 3.63) is 0 Å². The van der Waals surface area contributed by atoms with Gasteiger partial charge in [-0.3, -0.25) is 0 Å². The van der Waals surface area contributed by atoms with Crippen molar-refractivity contribution in [2.75, 3.05) is 0 Å². The van der Waals surface area contributed by atoms with Crippen LogP contribution in [0.15, 0.2) is 0 Å². The first-order valence-corrected chi connectivity index (χ1v) is 3.94. The predicted octanol–water partition coefficient (Wildman–Crippen LogP) is -1.38. The molecule has 0 saturated heterocycles. The van der Waals surface area contributed by atoms with Crippen LogP contribution in [0.5, 0.6) is 0 Å². The van der Waals surface area contributed by atoms with E-state index in [1.54, 1.807) is 0 Å². The molecule has 0 unspecified atom stereocenters. The average Bonchev–Trinajstić information content (AvgIpc) is 1.61. The molecule has 0 fully saturated rings. The molecule has 0 aromatic carbocycles. The van der Waals surface area contributed by atoms with E-state index in [0.29, 0.717) is 12.8 Å². The SMILES string of the molecule is O=C([SeH])CCC(=O)[SeH]. The maximum atomic E-state index is 10.2. The Morgan fingerprint density at radius 2 is 1.25 bits per heavy atom. The van der Waals surface area contributed by atoms with Crippen LogP contribution in [-0.2, 0) is 9.59 Å². The van der Waals surface area contributed by atoms with Gasteiger partial charge in [-0.25, -0.2) is 0 Å². The molecular weight excluding hydrogens is 238 g/mol. The van der Waals surface area contributed by atoms with Crippen LogP contribution in [0.4, 0.5) is 0 Å². The Bertz CT molecular complexity index is 96.6. The molecular formula is C4H6O2Se2. The number of hydrogen-bond donors (Lipinski definition) is 0. The van der Waals surface area contributed by atoms with E-state index in [2.05, 4.69) is 0 Å². The van der Waals surface area contributed by atoms with Crippen molar-refractivity contribution in [1.29, 1.82) is 0 Å². The molecule has 0 N–H and O–H groups in total. The van der Waals surface area contributed by atoms with E-state index in [9.17, 15) is 9.59 Å². The van der Waals surface area contributed by atoms with Gasteiger partial charge in [-0.05, 0) is 0 Å². The summed E-state index contributed by atoms with van der Waals surface area (Å²) in [5.74, 6) is 0.